The molecule has 0 aliphatic carbocycles. The first-order chi connectivity index (χ1) is 13.7. The minimum Gasteiger partial charge on any atom is -0.378 e. The molecule has 3 rings (SSSR count). The molecule has 1 fully saturated rings. The summed E-state index contributed by atoms with van der Waals surface area (Å²) in [6.07, 6.45) is 3.96. The molecule has 0 unspecified atom stereocenters. The monoisotopic (exact) mass is 527 g/mol. The molecule has 1 aliphatic heterocycles. The molecule has 2 N–H and O–H groups in total. The van der Waals surface area contributed by atoms with Gasteiger partial charge in [0.15, 0.2) is 5.96 Å². The summed E-state index contributed by atoms with van der Waals surface area (Å²) < 4.78 is 5.46. The van der Waals surface area contributed by atoms with E-state index in [1.165, 1.54) is 16.0 Å². The zero-order valence-corrected chi connectivity index (χ0v) is 20.4. The smallest absolute Gasteiger partial charge is 0.191 e. The molecule has 8 heteroatoms. The Morgan fingerprint density at radius 3 is 2.59 bits per heavy atom. The Kier molecular flexibility index (Phi) is 10.0. The molecule has 158 valence electrons. The van der Waals surface area contributed by atoms with Crippen molar-refractivity contribution in [2.75, 3.05) is 44.5 Å². The molecule has 1 saturated heterocycles. The van der Waals surface area contributed by atoms with Gasteiger partial charge in [-0.15, -0.1) is 35.7 Å². The zero-order valence-electron chi connectivity index (χ0n) is 17.3. The van der Waals surface area contributed by atoms with Crippen LogP contribution in [-0.4, -0.2) is 50.6 Å². The van der Waals surface area contributed by atoms with E-state index in [1.54, 1.807) is 18.8 Å². The van der Waals surface area contributed by atoms with E-state index in [9.17, 15) is 0 Å². The second kappa shape index (κ2) is 12.2. The summed E-state index contributed by atoms with van der Waals surface area (Å²) >= 11 is 1.77. The largest absolute Gasteiger partial charge is 0.378 e. The number of aryl methyl sites for hydroxylation is 1. The fourth-order valence-corrected chi connectivity index (χ4v) is 3.91. The Morgan fingerprint density at radius 2 is 1.90 bits per heavy atom. The third kappa shape index (κ3) is 6.75. The number of anilines is 1. The summed E-state index contributed by atoms with van der Waals surface area (Å²) in [7, 11) is 1.80. The van der Waals surface area contributed by atoms with Crippen LogP contribution in [0.25, 0.3) is 0 Å². The SMILES string of the molecule is CN=C(NCc1ccc(C)cc1SC)NCc1cccnc1N1CCOCC1.I. The maximum atomic E-state index is 5.46. The molecule has 6 nitrogen and oxygen atoms in total. The summed E-state index contributed by atoms with van der Waals surface area (Å²) in [4.78, 5) is 12.5. The lowest BCUT2D eigenvalue weighted by Crippen LogP contribution is -2.39. The Hall–Kier alpha value is -1.52. The summed E-state index contributed by atoms with van der Waals surface area (Å²) in [6, 6.07) is 10.6. The molecule has 1 aromatic heterocycles. The van der Waals surface area contributed by atoms with Gasteiger partial charge in [0.1, 0.15) is 5.82 Å². The number of hydrogen-bond donors (Lipinski definition) is 2. The van der Waals surface area contributed by atoms with Crippen molar-refractivity contribution in [1.82, 2.24) is 15.6 Å². The fraction of sp³-hybridized carbons (Fsp3) is 0.429. The number of pyridine rings is 1. The summed E-state index contributed by atoms with van der Waals surface area (Å²) in [5, 5.41) is 6.84. The van der Waals surface area contributed by atoms with Gasteiger partial charge in [-0.25, -0.2) is 4.98 Å². The van der Waals surface area contributed by atoms with E-state index in [4.69, 9.17) is 4.74 Å². The van der Waals surface area contributed by atoms with Gasteiger partial charge >= 0.3 is 0 Å². The van der Waals surface area contributed by atoms with Gasteiger partial charge in [0.25, 0.3) is 0 Å². The summed E-state index contributed by atoms with van der Waals surface area (Å²) in [6.45, 7) is 6.78. The van der Waals surface area contributed by atoms with Crippen molar-refractivity contribution in [3.8, 4) is 0 Å². The highest BCUT2D eigenvalue weighted by atomic mass is 127. The summed E-state index contributed by atoms with van der Waals surface area (Å²) in [5.74, 6) is 1.81. The molecule has 0 radical (unpaired) electrons. The van der Waals surface area contributed by atoms with E-state index >= 15 is 0 Å². The maximum Gasteiger partial charge on any atom is 0.191 e. The molecule has 0 atom stereocenters. The summed E-state index contributed by atoms with van der Waals surface area (Å²) in [5.41, 5.74) is 3.71. The number of nitrogens with zero attached hydrogens (tertiary/aromatic N) is 3. The maximum absolute atomic E-state index is 5.46. The number of hydrogen-bond acceptors (Lipinski definition) is 5. The highest BCUT2D eigenvalue weighted by Gasteiger charge is 2.16. The molecular weight excluding hydrogens is 497 g/mol. The molecule has 0 bridgehead atoms. The molecule has 2 heterocycles. The first-order valence-electron chi connectivity index (χ1n) is 9.56. The van der Waals surface area contributed by atoms with Gasteiger partial charge in [0.2, 0.25) is 0 Å². The van der Waals surface area contributed by atoms with Crippen LogP contribution in [0.15, 0.2) is 46.4 Å². The molecule has 2 aromatic rings. The molecular formula is C21H30IN5OS. The van der Waals surface area contributed by atoms with Crippen LogP contribution in [0.5, 0.6) is 0 Å². The first-order valence-corrected chi connectivity index (χ1v) is 10.8. The quantitative estimate of drug-likeness (QED) is 0.260. The van der Waals surface area contributed by atoms with Crippen molar-refractivity contribution in [2.24, 2.45) is 4.99 Å². The molecule has 29 heavy (non-hydrogen) atoms. The van der Waals surface area contributed by atoms with Crippen LogP contribution >= 0.6 is 35.7 Å². The van der Waals surface area contributed by atoms with E-state index in [1.807, 2.05) is 12.3 Å². The van der Waals surface area contributed by atoms with Crippen LogP contribution in [0.1, 0.15) is 16.7 Å². The number of guanidine groups is 1. The number of ether oxygens (including phenoxy) is 1. The first kappa shape index (κ1) is 23.8. The van der Waals surface area contributed by atoms with E-state index in [0.29, 0.717) is 6.54 Å². The Labute approximate surface area is 194 Å². The Morgan fingerprint density at radius 1 is 1.17 bits per heavy atom. The van der Waals surface area contributed by atoms with Crippen molar-refractivity contribution in [3.05, 3.63) is 53.2 Å². The van der Waals surface area contributed by atoms with Gasteiger partial charge in [-0.2, -0.15) is 0 Å². The predicted molar refractivity (Wildman–Crippen MR) is 133 cm³/mol. The Bertz CT molecular complexity index is 811. The van der Waals surface area contributed by atoms with Crippen LogP contribution in [0.2, 0.25) is 0 Å². The zero-order chi connectivity index (χ0) is 19.8. The third-order valence-electron chi connectivity index (χ3n) is 4.74. The van der Waals surface area contributed by atoms with Gasteiger partial charge in [-0.1, -0.05) is 18.2 Å². The average Bonchev–Trinajstić information content (AvgIpc) is 2.75. The normalized spacial score (nSPS) is 14.3. The van der Waals surface area contributed by atoms with Gasteiger partial charge in [0, 0.05) is 49.9 Å². The lowest BCUT2D eigenvalue weighted by atomic mass is 10.1. The lowest BCUT2D eigenvalue weighted by molar-refractivity contribution is 0.122. The van der Waals surface area contributed by atoms with Crippen molar-refractivity contribution < 1.29 is 4.74 Å². The molecule has 0 amide bonds. The number of benzene rings is 1. The molecule has 1 aliphatic rings. The van der Waals surface area contributed by atoms with Gasteiger partial charge in [-0.05, 0) is 36.4 Å². The molecule has 0 spiro atoms. The molecule has 0 saturated carbocycles. The van der Waals surface area contributed by atoms with E-state index in [2.05, 4.69) is 63.0 Å². The third-order valence-corrected chi connectivity index (χ3v) is 5.56. The predicted octanol–water partition coefficient (Wildman–Crippen LogP) is 3.43. The second-order valence-electron chi connectivity index (χ2n) is 6.68. The van der Waals surface area contributed by atoms with Crippen molar-refractivity contribution >= 4 is 47.5 Å². The highest BCUT2D eigenvalue weighted by Crippen LogP contribution is 2.22. The topological polar surface area (TPSA) is 61.8 Å². The van der Waals surface area contributed by atoms with Crippen molar-refractivity contribution in [1.29, 1.82) is 0 Å². The minimum atomic E-state index is 0. The number of halogens is 1. The van der Waals surface area contributed by atoms with E-state index in [0.717, 1.165) is 50.2 Å². The number of aliphatic imine (C=N–C) groups is 1. The minimum absolute atomic E-state index is 0. The molecule has 1 aromatic carbocycles. The number of aromatic nitrogens is 1. The van der Waals surface area contributed by atoms with Crippen LogP contribution in [0.3, 0.4) is 0 Å². The van der Waals surface area contributed by atoms with Crippen molar-refractivity contribution in [2.45, 2.75) is 24.9 Å². The van der Waals surface area contributed by atoms with E-state index in [-0.39, 0.29) is 24.0 Å². The number of rotatable bonds is 6. The number of nitrogens with one attached hydrogen (secondary N) is 2. The van der Waals surface area contributed by atoms with Crippen molar-refractivity contribution in [3.63, 3.8) is 0 Å². The number of morpholine rings is 1. The standard InChI is InChI=1S/C21H29N5OS.HI/c1-16-6-7-17(19(13-16)28-3)14-24-21(22-2)25-15-18-5-4-8-23-20(18)26-9-11-27-12-10-26;/h4-8,13H,9-12,14-15H2,1-3H3,(H2,22,24,25);1H. The second-order valence-corrected chi connectivity index (χ2v) is 7.53. The fourth-order valence-electron chi connectivity index (χ4n) is 3.20. The lowest BCUT2D eigenvalue weighted by Gasteiger charge is -2.29. The van der Waals surface area contributed by atoms with E-state index < -0.39 is 0 Å². The average molecular weight is 527 g/mol. The van der Waals surface area contributed by atoms with Gasteiger partial charge in [-0.3, -0.25) is 4.99 Å². The van der Waals surface area contributed by atoms with Crippen LogP contribution in [-0.2, 0) is 17.8 Å². The van der Waals surface area contributed by atoms with Gasteiger partial charge in [0.05, 0.1) is 13.2 Å². The highest BCUT2D eigenvalue weighted by molar-refractivity contribution is 14.0. The van der Waals surface area contributed by atoms with Crippen LogP contribution < -0.4 is 15.5 Å². The van der Waals surface area contributed by atoms with Crippen LogP contribution in [0.4, 0.5) is 5.82 Å². The van der Waals surface area contributed by atoms with Gasteiger partial charge < -0.3 is 20.3 Å². The van der Waals surface area contributed by atoms with Crippen LogP contribution in [0, 0.1) is 6.92 Å². The Balaban J connectivity index is 0.00000300. The number of thioether (sulfide) groups is 1.